The summed E-state index contributed by atoms with van der Waals surface area (Å²) in [5.74, 6) is 0.343. The predicted molar refractivity (Wildman–Crippen MR) is 88.1 cm³/mol. The minimum atomic E-state index is -3.36. The third-order valence-electron chi connectivity index (χ3n) is 3.86. The summed E-state index contributed by atoms with van der Waals surface area (Å²) in [5.41, 5.74) is 0. The molecule has 1 aliphatic carbocycles. The number of nitrogens with zero attached hydrogens (tertiary/aromatic N) is 1. The third kappa shape index (κ3) is 4.06. The Morgan fingerprint density at radius 1 is 1.38 bits per heavy atom. The van der Waals surface area contributed by atoms with Crippen LogP contribution in [0.3, 0.4) is 0 Å². The molecule has 21 heavy (non-hydrogen) atoms. The van der Waals surface area contributed by atoms with Crippen molar-refractivity contribution in [3.05, 3.63) is 16.3 Å². The minimum Gasteiger partial charge on any atom is -0.315 e. The summed E-state index contributed by atoms with van der Waals surface area (Å²) < 4.78 is 27.7. The number of sulfonamides is 1. The normalized spacial score (nSPS) is 17.2. The van der Waals surface area contributed by atoms with E-state index in [9.17, 15) is 8.42 Å². The number of hydrogen-bond donors (Lipinski definition) is 1. The van der Waals surface area contributed by atoms with Crippen molar-refractivity contribution >= 4 is 21.4 Å². The molecule has 0 saturated heterocycles. The maximum atomic E-state index is 13.0. The van der Waals surface area contributed by atoms with Crippen LogP contribution in [0.2, 0.25) is 0 Å². The molecule has 0 aromatic carbocycles. The molecule has 120 valence electrons. The Bertz CT molecular complexity index is 546. The lowest BCUT2D eigenvalue weighted by atomic mass is 10.2. The molecule has 0 amide bonds. The highest BCUT2D eigenvalue weighted by Crippen LogP contribution is 2.31. The Morgan fingerprint density at radius 2 is 2.05 bits per heavy atom. The Kier molecular flexibility index (Phi) is 5.82. The fourth-order valence-electron chi connectivity index (χ4n) is 2.89. The summed E-state index contributed by atoms with van der Waals surface area (Å²) in [6.07, 6.45) is 4.28. The minimum absolute atomic E-state index is 0.185. The van der Waals surface area contributed by atoms with Gasteiger partial charge in [-0.1, -0.05) is 26.7 Å². The SMILES string of the molecule is CNCc1cc(S(=O)(=O)N(CC(C)C)C2CCCC2)cs1. The zero-order valence-corrected chi connectivity index (χ0v) is 14.8. The number of hydrogen-bond acceptors (Lipinski definition) is 4. The first kappa shape index (κ1) is 16.9. The lowest BCUT2D eigenvalue weighted by Gasteiger charge is -2.29. The second kappa shape index (κ2) is 7.22. The van der Waals surface area contributed by atoms with Crippen molar-refractivity contribution in [3.8, 4) is 0 Å². The first-order valence-electron chi connectivity index (χ1n) is 7.69. The van der Waals surface area contributed by atoms with E-state index in [2.05, 4.69) is 19.2 Å². The average molecular weight is 331 g/mol. The van der Waals surface area contributed by atoms with Gasteiger partial charge in [0.25, 0.3) is 0 Å². The van der Waals surface area contributed by atoms with Crippen LogP contribution in [0.1, 0.15) is 44.4 Å². The van der Waals surface area contributed by atoms with Crippen LogP contribution in [0.5, 0.6) is 0 Å². The molecule has 0 unspecified atom stereocenters. The lowest BCUT2D eigenvalue weighted by molar-refractivity contribution is 0.292. The topological polar surface area (TPSA) is 49.4 Å². The fraction of sp³-hybridized carbons (Fsp3) is 0.733. The van der Waals surface area contributed by atoms with Crippen LogP contribution >= 0.6 is 11.3 Å². The van der Waals surface area contributed by atoms with Gasteiger partial charge in [-0.2, -0.15) is 4.31 Å². The van der Waals surface area contributed by atoms with E-state index in [0.717, 1.165) is 30.6 Å². The monoisotopic (exact) mass is 330 g/mol. The third-order valence-corrected chi connectivity index (χ3v) is 6.85. The standard InChI is InChI=1S/C15H26N2O2S2/c1-12(2)10-17(13-6-4-5-7-13)21(18,19)15-8-14(9-16-3)20-11-15/h8,11-13,16H,4-7,9-10H2,1-3H3. The molecule has 1 fully saturated rings. The van der Waals surface area contributed by atoms with Crippen molar-refractivity contribution < 1.29 is 8.42 Å². The number of nitrogens with one attached hydrogen (secondary N) is 1. The van der Waals surface area contributed by atoms with Crippen molar-refractivity contribution in [1.29, 1.82) is 0 Å². The van der Waals surface area contributed by atoms with Crippen molar-refractivity contribution in [1.82, 2.24) is 9.62 Å². The maximum absolute atomic E-state index is 13.0. The quantitative estimate of drug-likeness (QED) is 0.836. The first-order chi connectivity index (χ1) is 9.95. The number of thiophene rings is 1. The molecule has 2 rings (SSSR count). The highest BCUT2D eigenvalue weighted by atomic mass is 32.2. The Morgan fingerprint density at radius 3 is 2.62 bits per heavy atom. The van der Waals surface area contributed by atoms with E-state index < -0.39 is 10.0 Å². The van der Waals surface area contributed by atoms with Crippen LogP contribution in [0.25, 0.3) is 0 Å². The van der Waals surface area contributed by atoms with E-state index in [0.29, 0.717) is 23.9 Å². The van der Waals surface area contributed by atoms with Gasteiger partial charge < -0.3 is 5.32 Å². The van der Waals surface area contributed by atoms with E-state index in [4.69, 9.17) is 0 Å². The van der Waals surface area contributed by atoms with E-state index >= 15 is 0 Å². The fourth-order valence-corrected chi connectivity index (χ4v) is 6.02. The van der Waals surface area contributed by atoms with Crippen LogP contribution in [-0.4, -0.2) is 32.4 Å². The van der Waals surface area contributed by atoms with E-state index in [1.54, 1.807) is 9.69 Å². The van der Waals surface area contributed by atoms with Crippen LogP contribution in [0.4, 0.5) is 0 Å². The zero-order chi connectivity index (χ0) is 15.5. The molecular formula is C15H26N2O2S2. The summed E-state index contributed by atoms with van der Waals surface area (Å²) >= 11 is 1.51. The van der Waals surface area contributed by atoms with Crippen molar-refractivity contribution in [2.24, 2.45) is 5.92 Å². The largest absolute Gasteiger partial charge is 0.315 e. The maximum Gasteiger partial charge on any atom is 0.244 e. The van der Waals surface area contributed by atoms with Crippen molar-refractivity contribution in [3.63, 3.8) is 0 Å². The van der Waals surface area contributed by atoms with Crippen molar-refractivity contribution in [2.45, 2.75) is 57.0 Å². The van der Waals surface area contributed by atoms with Crippen molar-refractivity contribution in [2.75, 3.05) is 13.6 Å². The molecule has 1 aromatic rings. The van der Waals surface area contributed by atoms with Gasteiger partial charge in [0.2, 0.25) is 10.0 Å². The van der Waals surface area contributed by atoms with Gasteiger partial charge in [-0.05, 0) is 31.9 Å². The second-order valence-corrected chi connectivity index (χ2v) is 9.07. The van der Waals surface area contributed by atoms with Crippen LogP contribution in [0, 0.1) is 5.92 Å². The van der Waals surface area contributed by atoms with Crippen LogP contribution < -0.4 is 5.32 Å². The molecule has 1 aromatic heterocycles. The Hall–Kier alpha value is -0.430. The highest BCUT2D eigenvalue weighted by Gasteiger charge is 2.34. The number of rotatable bonds is 7. The first-order valence-corrected chi connectivity index (χ1v) is 10.0. The van der Waals surface area contributed by atoms with E-state index in [1.165, 1.54) is 11.3 Å². The average Bonchev–Trinajstić information content (AvgIpc) is 3.07. The van der Waals surface area contributed by atoms with Gasteiger partial charge in [-0.15, -0.1) is 11.3 Å². The summed E-state index contributed by atoms with van der Waals surface area (Å²) in [6, 6.07) is 2.00. The summed E-state index contributed by atoms with van der Waals surface area (Å²) in [6.45, 7) is 5.49. The molecule has 6 heteroatoms. The molecule has 1 heterocycles. The van der Waals surface area contributed by atoms with Gasteiger partial charge >= 0.3 is 0 Å². The molecule has 0 spiro atoms. The highest BCUT2D eigenvalue weighted by molar-refractivity contribution is 7.89. The Balaban J connectivity index is 2.26. The molecular weight excluding hydrogens is 304 g/mol. The van der Waals surface area contributed by atoms with Gasteiger partial charge in [0.15, 0.2) is 0 Å². The molecule has 0 atom stereocenters. The lowest BCUT2D eigenvalue weighted by Crippen LogP contribution is -2.41. The van der Waals surface area contributed by atoms with Gasteiger partial charge in [0, 0.05) is 29.4 Å². The smallest absolute Gasteiger partial charge is 0.244 e. The molecule has 1 saturated carbocycles. The van der Waals surface area contributed by atoms with E-state index in [1.807, 2.05) is 13.1 Å². The van der Waals surface area contributed by atoms with Gasteiger partial charge in [0.1, 0.15) is 0 Å². The molecule has 0 bridgehead atoms. The van der Waals surface area contributed by atoms with Gasteiger partial charge in [-0.25, -0.2) is 8.42 Å². The molecule has 0 aliphatic heterocycles. The molecule has 0 radical (unpaired) electrons. The predicted octanol–water partition coefficient (Wildman–Crippen LogP) is 3.06. The molecule has 4 nitrogen and oxygen atoms in total. The van der Waals surface area contributed by atoms with Gasteiger partial charge in [-0.3, -0.25) is 0 Å². The van der Waals surface area contributed by atoms with E-state index in [-0.39, 0.29) is 6.04 Å². The Labute approximate surface area is 132 Å². The van der Waals surface area contributed by atoms with Crippen LogP contribution in [0.15, 0.2) is 16.3 Å². The zero-order valence-electron chi connectivity index (χ0n) is 13.1. The molecule has 1 N–H and O–H groups in total. The summed E-state index contributed by atoms with van der Waals surface area (Å²) in [5, 5.41) is 4.85. The van der Waals surface area contributed by atoms with Crippen LogP contribution in [-0.2, 0) is 16.6 Å². The second-order valence-electron chi connectivity index (χ2n) is 6.19. The summed E-state index contributed by atoms with van der Waals surface area (Å²) in [4.78, 5) is 1.53. The van der Waals surface area contributed by atoms with Gasteiger partial charge in [0.05, 0.1) is 4.90 Å². The summed E-state index contributed by atoms with van der Waals surface area (Å²) in [7, 11) is -1.49. The molecule has 1 aliphatic rings.